The third kappa shape index (κ3) is 7.14. The van der Waals surface area contributed by atoms with Crippen molar-refractivity contribution >= 4 is 56.6 Å². The van der Waals surface area contributed by atoms with Crippen molar-refractivity contribution in [3.8, 4) is 0 Å². The van der Waals surface area contributed by atoms with E-state index in [2.05, 4.69) is 5.32 Å². The normalized spacial score (nSPS) is 11.2. The van der Waals surface area contributed by atoms with E-state index in [4.69, 9.17) is 23.2 Å². The standard InChI is InChI=1S/C24H24Cl2N2O3S2/c1-18-7-10-21(11-8-18)33(30,31)28(23-15-20(25)9-12-22(23)26)16-24(29)27-13-14-32-17-19-5-3-2-4-6-19/h2-12,15H,13-14,16-17H2,1H3,(H,27,29). The summed E-state index contributed by atoms with van der Waals surface area (Å²) in [5.74, 6) is 1.11. The van der Waals surface area contributed by atoms with Crippen LogP contribution in [0.5, 0.6) is 0 Å². The molecule has 9 heteroatoms. The molecule has 0 aliphatic rings. The van der Waals surface area contributed by atoms with Crippen LogP contribution < -0.4 is 9.62 Å². The third-order valence-corrected chi connectivity index (χ3v) is 8.11. The van der Waals surface area contributed by atoms with Crippen molar-refractivity contribution in [3.63, 3.8) is 0 Å². The topological polar surface area (TPSA) is 66.5 Å². The molecule has 0 aromatic heterocycles. The molecule has 1 amide bonds. The number of thioether (sulfide) groups is 1. The van der Waals surface area contributed by atoms with Gasteiger partial charge in [-0.3, -0.25) is 9.10 Å². The van der Waals surface area contributed by atoms with Gasteiger partial charge in [0.1, 0.15) is 6.54 Å². The zero-order valence-corrected chi connectivity index (χ0v) is 21.1. The van der Waals surface area contributed by atoms with E-state index in [0.29, 0.717) is 17.3 Å². The molecule has 3 aromatic rings. The molecule has 0 aliphatic heterocycles. The number of nitrogens with zero attached hydrogens (tertiary/aromatic N) is 1. The summed E-state index contributed by atoms with van der Waals surface area (Å²) in [6, 6.07) is 21.0. The lowest BCUT2D eigenvalue weighted by atomic mass is 10.2. The summed E-state index contributed by atoms with van der Waals surface area (Å²) >= 11 is 14.1. The maximum absolute atomic E-state index is 13.4. The smallest absolute Gasteiger partial charge is 0.264 e. The van der Waals surface area contributed by atoms with Gasteiger partial charge in [0.2, 0.25) is 5.91 Å². The van der Waals surface area contributed by atoms with Crippen LogP contribution in [0.2, 0.25) is 10.0 Å². The molecule has 5 nitrogen and oxygen atoms in total. The SMILES string of the molecule is Cc1ccc(S(=O)(=O)N(CC(=O)NCCSCc2ccccc2)c2cc(Cl)ccc2Cl)cc1. The summed E-state index contributed by atoms with van der Waals surface area (Å²) in [6.07, 6.45) is 0. The number of carbonyl (C=O) groups is 1. The molecule has 3 rings (SSSR count). The second-order valence-corrected chi connectivity index (χ2v) is 11.1. The minimum absolute atomic E-state index is 0.0651. The van der Waals surface area contributed by atoms with Crippen LogP contribution in [0.25, 0.3) is 0 Å². The Hall–Kier alpha value is -2.19. The molecular formula is C24H24Cl2N2O3S2. The van der Waals surface area contributed by atoms with Gasteiger partial charge in [0.05, 0.1) is 15.6 Å². The summed E-state index contributed by atoms with van der Waals surface area (Å²) in [6.45, 7) is 1.86. The highest BCUT2D eigenvalue weighted by atomic mass is 35.5. The fourth-order valence-electron chi connectivity index (χ4n) is 3.03. The second-order valence-electron chi connectivity index (χ2n) is 7.31. The highest BCUT2D eigenvalue weighted by Gasteiger charge is 2.29. The first-order valence-corrected chi connectivity index (χ1v) is 13.6. The van der Waals surface area contributed by atoms with Gasteiger partial charge in [0, 0.05) is 23.1 Å². The lowest BCUT2D eigenvalue weighted by Gasteiger charge is -2.25. The zero-order chi connectivity index (χ0) is 23.8. The quantitative estimate of drug-likeness (QED) is 0.354. The molecule has 174 valence electrons. The van der Waals surface area contributed by atoms with Crippen LogP contribution in [0.1, 0.15) is 11.1 Å². The highest BCUT2D eigenvalue weighted by Crippen LogP contribution is 2.33. The van der Waals surface area contributed by atoms with Gasteiger partial charge in [0.15, 0.2) is 0 Å². The number of rotatable bonds is 10. The van der Waals surface area contributed by atoms with Crippen molar-refractivity contribution in [2.75, 3.05) is 23.1 Å². The van der Waals surface area contributed by atoms with E-state index in [9.17, 15) is 13.2 Å². The Balaban J connectivity index is 1.71. The van der Waals surface area contributed by atoms with Crippen LogP contribution in [-0.4, -0.2) is 33.2 Å². The number of sulfonamides is 1. The largest absolute Gasteiger partial charge is 0.354 e. The fourth-order valence-corrected chi connectivity index (χ4v) is 5.71. The number of amides is 1. The van der Waals surface area contributed by atoms with Gasteiger partial charge in [-0.05, 0) is 42.8 Å². The molecule has 33 heavy (non-hydrogen) atoms. The summed E-state index contributed by atoms with van der Waals surface area (Å²) < 4.78 is 27.8. The number of nitrogens with one attached hydrogen (secondary N) is 1. The van der Waals surface area contributed by atoms with E-state index in [1.807, 2.05) is 37.3 Å². The first kappa shape index (κ1) is 25.4. The van der Waals surface area contributed by atoms with E-state index >= 15 is 0 Å². The van der Waals surface area contributed by atoms with E-state index in [1.165, 1.54) is 29.8 Å². The summed E-state index contributed by atoms with van der Waals surface area (Å²) in [7, 11) is -4.05. The average molecular weight is 524 g/mol. The lowest BCUT2D eigenvalue weighted by molar-refractivity contribution is -0.119. The number of carbonyl (C=O) groups excluding carboxylic acids is 1. The maximum Gasteiger partial charge on any atom is 0.264 e. The first-order valence-electron chi connectivity index (χ1n) is 10.2. The Morgan fingerprint density at radius 3 is 2.39 bits per heavy atom. The van der Waals surface area contributed by atoms with Crippen LogP contribution in [-0.2, 0) is 20.6 Å². The van der Waals surface area contributed by atoms with Crippen molar-refractivity contribution in [2.24, 2.45) is 0 Å². The van der Waals surface area contributed by atoms with Gasteiger partial charge in [-0.25, -0.2) is 8.42 Å². The number of halogens is 2. The van der Waals surface area contributed by atoms with Gasteiger partial charge >= 0.3 is 0 Å². The zero-order valence-electron chi connectivity index (χ0n) is 18.0. The number of hydrogen-bond donors (Lipinski definition) is 1. The molecular weight excluding hydrogens is 499 g/mol. The Morgan fingerprint density at radius 2 is 1.70 bits per heavy atom. The molecule has 0 spiro atoms. The maximum atomic E-state index is 13.4. The molecule has 0 fully saturated rings. The van der Waals surface area contributed by atoms with Gasteiger partial charge in [-0.2, -0.15) is 11.8 Å². The predicted octanol–water partition coefficient (Wildman–Crippen LogP) is 5.55. The van der Waals surface area contributed by atoms with Crippen LogP contribution >= 0.6 is 35.0 Å². The van der Waals surface area contributed by atoms with Gasteiger partial charge in [-0.15, -0.1) is 0 Å². The molecule has 0 aliphatic carbocycles. The number of anilines is 1. The molecule has 0 radical (unpaired) electrons. The van der Waals surface area contributed by atoms with Crippen molar-refractivity contribution < 1.29 is 13.2 Å². The van der Waals surface area contributed by atoms with Crippen molar-refractivity contribution in [1.29, 1.82) is 0 Å². The molecule has 0 atom stereocenters. The average Bonchev–Trinajstić information content (AvgIpc) is 2.80. The van der Waals surface area contributed by atoms with E-state index in [0.717, 1.165) is 15.6 Å². The van der Waals surface area contributed by atoms with Crippen molar-refractivity contribution in [1.82, 2.24) is 5.32 Å². The Morgan fingerprint density at radius 1 is 1.00 bits per heavy atom. The minimum Gasteiger partial charge on any atom is -0.354 e. The van der Waals surface area contributed by atoms with Crippen LogP contribution in [0.3, 0.4) is 0 Å². The monoisotopic (exact) mass is 522 g/mol. The van der Waals surface area contributed by atoms with Crippen LogP contribution in [0, 0.1) is 6.92 Å². The summed E-state index contributed by atoms with van der Waals surface area (Å²) in [4.78, 5) is 12.8. The number of aryl methyl sites for hydroxylation is 1. The van der Waals surface area contributed by atoms with Crippen LogP contribution in [0.4, 0.5) is 5.69 Å². The van der Waals surface area contributed by atoms with E-state index < -0.39 is 22.5 Å². The Bertz CT molecular complexity index is 1190. The van der Waals surface area contributed by atoms with Crippen molar-refractivity contribution in [3.05, 3.63) is 94.0 Å². The van der Waals surface area contributed by atoms with Gasteiger partial charge in [0.25, 0.3) is 10.0 Å². The van der Waals surface area contributed by atoms with E-state index in [1.54, 1.807) is 30.0 Å². The molecule has 0 bridgehead atoms. The molecule has 0 saturated carbocycles. The van der Waals surface area contributed by atoms with Crippen LogP contribution in [0.15, 0.2) is 77.7 Å². The fraction of sp³-hybridized carbons (Fsp3) is 0.208. The van der Waals surface area contributed by atoms with Crippen molar-refractivity contribution in [2.45, 2.75) is 17.6 Å². The summed E-state index contributed by atoms with van der Waals surface area (Å²) in [5, 5.41) is 3.29. The Labute approximate surface area is 209 Å². The first-order chi connectivity index (χ1) is 15.8. The summed E-state index contributed by atoms with van der Waals surface area (Å²) in [5.41, 5.74) is 2.28. The van der Waals surface area contributed by atoms with Gasteiger partial charge < -0.3 is 5.32 Å². The van der Waals surface area contributed by atoms with Gasteiger partial charge in [-0.1, -0.05) is 71.2 Å². The number of hydrogen-bond acceptors (Lipinski definition) is 4. The molecule has 0 heterocycles. The molecule has 1 N–H and O–H groups in total. The minimum atomic E-state index is -4.05. The second kappa shape index (κ2) is 11.8. The molecule has 0 unspecified atom stereocenters. The Kier molecular flexibility index (Phi) is 9.09. The van der Waals surface area contributed by atoms with E-state index in [-0.39, 0.29) is 15.6 Å². The highest BCUT2D eigenvalue weighted by molar-refractivity contribution is 7.98. The number of benzene rings is 3. The lowest BCUT2D eigenvalue weighted by Crippen LogP contribution is -2.41. The molecule has 0 saturated heterocycles. The third-order valence-electron chi connectivity index (χ3n) is 4.75. The predicted molar refractivity (Wildman–Crippen MR) is 138 cm³/mol. The molecule has 3 aromatic carbocycles.